The number of allylic oxidation sites excluding steroid dienone is 1. The highest BCUT2D eigenvalue weighted by atomic mass is 16.2. The molecule has 2 N–H and O–H groups in total. The molecule has 0 aliphatic carbocycles. The van der Waals surface area contributed by atoms with Crippen LogP contribution in [0.25, 0.3) is 11.6 Å². The van der Waals surface area contributed by atoms with Crippen molar-refractivity contribution in [2.24, 2.45) is 5.73 Å². The number of amides is 1. The highest BCUT2D eigenvalue weighted by Crippen LogP contribution is 2.32. The van der Waals surface area contributed by atoms with Gasteiger partial charge in [-0.15, -0.1) is 0 Å². The van der Waals surface area contributed by atoms with E-state index in [4.69, 9.17) is 5.73 Å². The number of hydrogen-bond donors (Lipinski definition) is 1. The zero-order chi connectivity index (χ0) is 15.5. The summed E-state index contributed by atoms with van der Waals surface area (Å²) in [6.45, 7) is 3.07. The molecule has 0 radical (unpaired) electrons. The molecule has 0 aromatic heterocycles. The van der Waals surface area contributed by atoms with Crippen molar-refractivity contribution in [3.05, 3.63) is 65.2 Å². The molecule has 3 rings (SSSR count). The maximum atomic E-state index is 12.5. The van der Waals surface area contributed by atoms with E-state index in [1.54, 1.807) is 0 Å². The number of para-hydroxylation sites is 1. The molecule has 112 valence electrons. The Morgan fingerprint density at radius 2 is 1.86 bits per heavy atom. The molecule has 0 saturated carbocycles. The van der Waals surface area contributed by atoms with Crippen LogP contribution in [0.4, 0.5) is 5.69 Å². The molecule has 1 aliphatic heterocycles. The van der Waals surface area contributed by atoms with Crippen LogP contribution >= 0.6 is 0 Å². The lowest BCUT2D eigenvalue weighted by molar-refractivity contribution is -0.118. The van der Waals surface area contributed by atoms with Crippen molar-refractivity contribution < 1.29 is 4.79 Å². The van der Waals surface area contributed by atoms with E-state index in [1.165, 1.54) is 11.1 Å². The molecule has 0 unspecified atom stereocenters. The Bertz CT molecular complexity index is 734. The second kappa shape index (κ2) is 6.16. The summed E-state index contributed by atoms with van der Waals surface area (Å²) in [5.74, 6) is 0.0673. The van der Waals surface area contributed by atoms with Crippen molar-refractivity contribution in [2.45, 2.75) is 19.9 Å². The van der Waals surface area contributed by atoms with Crippen LogP contribution in [0.15, 0.2) is 48.5 Å². The second-order valence-corrected chi connectivity index (χ2v) is 5.56. The Morgan fingerprint density at radius 3 is 2.68 bits per heavy atom. The predicted octanol–water partition coefficient (Wildman–Crippen LogP) is 3.44. The van der Waals surface area contributed by atoms with Crippen LogP contribution in [0.1, 0.15) is 30.0 Å². The fraction of sp³-hybridized carbons (Fsp3) is 0.211. The number of rotatable bonds is 2. The molecule has 3 heteroatoms. The summed E-state index contributed by atoms with van der Waals surface area (Å²) in [6.07, 6.45) is 2.51. The van der Waals surface area contributed by atoms with E-state index in [1.807, 2.05) is 35.2 Å². The normalized spacial score (nSPS) is 15.9. The lowest BCUT2D eigenvalue weighted by atomic mass is 9.95. The van der Waals surface area contributed by atoms with Gasteiger partial charge in [-0.1, -0.05) is 42.5 Å². The highest BCUT2D eigenvalue weighted by molar-refractivity contribution is 5.98. The number of carbonyl (C=O) groups excluding carboxylic acids is 1. The Morgan fingerprint density at radius 1 is 1.14 bits per heavy atom. The minimum absolute atomic E-state index is 0.0673. The van der Waals surface area contributed by atoms with Gasteiger partial charge in [-0.3, -0.25) is 4.79 Å². The lowest BCUT2D eigenvalue weighted by Gasteiger charge is -2.28. The molecule has 0 atom stereocenters. The molecular formula is C19H20N2O. The Kier molecular flexibility index (Phi) is 4.07. The molecule has 2 aromatic carbocycles. The summed E-state index contributed by atoms with van der Waals surface area (Å²) >= 11 is 0. The van der Waals surface area contributed by atoms with E-state index < -0.39 is 0 Å². The van der Waals surface area contributed by atoms with Crippen molar-refractivity contribution in [1.82, 2.24) is 0 Å². The first-order valence-electron chi connectivity index (χ1n) is 7.56. The van der Waals surface area contributed by atoms with Crippen LogP contribution in [-0.2, 0) is 11.3 Å². The maximum Gasteiger partial charge on any atom is 0.228 e. The molecule has 0 saturated heterocycles. The highest BCUT2D eigenvalue weighted by Gasteiger charge is 2.21. The number of benzene rings is 2. The number of carbonyl (C=O) groups is 1. The van der Waals surface area contributed by atoms with Gasteiger partial charge in [0.2, 0.25) is 5.91 Å². The van der Waals surface area contributed by atoms with Crippen molar-refractivity contribution in [3.63, 3.8) is 0 Å². The van der Waals surface area contributed by atoms with Gasteiger partial charge >= 0.3 is 0 Å². The van der Waals surface area contributed by atoms with Gasteiger partial charge in [-0.2, -0.15) is 0 Å². The monoisotopic (exact) mass is 292 g/mol. The number of anilines is 1. The van der Waals surface area contributed by atoms with E-state index >= 15 is 0 Å². The average molecular weight is 292 g/mol. The largest absolute Gasteiger partial charge is 0.330 e. The first-order chi connectivity index (χ1) is 10.7. The van der Waals surface area contributed by atoms with Crippen LogP contribution in [0, 0.1) is 0 Å². The van der Waals surface area contributed by atoms with E-state index in [0.717, 1.165) is 16.8 Å². The number of hydrogen-bond acceptors (Lipinski definition) is 2. The summed E-state index contributed by atoms with van der Waals surface area (Å²) in [6, 6.07) is 16.3. The topological polar surface area (TPSA) is 46.3 Å². The molecule has 0 spiro atoms. The summed E-state index contributed by atoms with van der Waals surface area (Å²) in [7, 11) is 0. The van der Waals surface area contributed by atoms with Crippen LogP contribution in [0.5, 0.6) is 0 Å². The van der Waals surface area contributed by atoms with Crippen LogP contribution in [0.2, 0.25) is 0 Å². The van der Waals surface area contributed by atoms with Gasteiger partial charge in [0.15, 0.2) is 0 Å². The molecule has 1 amide bonds. The smallest absolute Gasteiger partial charge is 0.228 e. The second-order valence-electron chi connectivity index (χ2n) is 5.56. The van der Waals surface area contributed by atoms with E-state index in [2.05, 4.69) is 31.2 Å². The first kappa shape index (κ1) is 14.5. The lowest BCUT2D eigenvalue weighted by Crippen LogP contribution is -2.33. The SMILES string of the molecule is C/C1=C/c2ccccc2N(C(=O)CCN)Cc2ccccc21. The van der Waals surface area contributed by atoms with Crippen LogP contribution < -0.4 is 10.6 Å². The van der Waals surface area contributed by atoms with Gasteiger partial charge in [0.05, 0.1) is 12.2 Å². The van der Waals surface area contributed by atoms with Gasteiger partial charge in [0, 0.05) is 13.0 Å². The molecule has 2 aromatic rings. The van der Waals surface area contributed by atoms with Gasteiger partial charge in [0.1, 0.15) is 0 Å². The predicted molar refractivity (Wildman–Crippen MR) is 91.3 cm³/mol. The molecule has 1 aliphatic rings. The quantitative estimate of drug-likeness (QED) is 0.921. The zero-order valence-electron chi connectivity index (χ0n) is 12.8. The van der Waals surface area contributed by atoms with Gasteiger partial charge < -0.3 is 10.6 Å². The third kappa shape index (κ3) is 2.68. The van der Waals surface area contributed by atoms with Gasteiger partial charge in [0.25, 0.3) is 0 Å². The van der Waals surface area contributed by atoms with Gasteiger partial charge in [-0.25, -0.2) is 0 Å². The van der Waals surface area contributed by atoms with Crippen molar-refractivity contribution >= 4 is 23.2 Å². The average Bonchev–Trinajstić information content (AvgIpc) is 2.52. The summed E-state index contributed by atoms with van der Waals surface area (Å²) in [5, 5.41) is 0. The van der Waals surface area contributed by atoms with E-state index in [0.29, 0.717) is 19.5 Å². The third-order valence-electron chi connectivity index (χ3n) is 4.03. The number of fused-ring (bicyclic) bond motifs is 2. The molecule has 0 bridgehead atoms. The first-order valence-corrected chi connectivity index (χ1v) is 7.56. The Labute approximate surface area is 131 Å². The van der Waals surface area contributed by atoms with E-state index in [9.17, 15) is 4.79 Å². The maximum absolute atomic E-state index is 12.5. The van der Waals surface area contributed by atoms with Crippen molar-refractivity contribution in [3.8, 4) is 0 Å². The van der Waals surface area contributed by atoms with E-state index in [-0.39, 0.29) is 5.91 Å². The van der Waals surface area contributed by atoms with Crippen LogP contribution in [0.3, 0.4) is 0 Å². The number of nitrogens with zero attached hydrogens (tertiary/aromatic N) is 1. The molecule has 3 nitrogen and oxygen atoms in total. The van der Waals surface area contributed by atoms with Gasteiger partial charge in [-0.05, 0) is 41.3 Å². The fourth-order valence-corrected chi connectivity index (χ4v) is 2.95. The van der Waals surface area contributed by atoms with Crippen LogP contribution in [-0.4, -0.2) is 12.5 Å². The number of nitrogens with two attached hydrogens (primary N) is 1. The molecule has 0 fully saturated rings. The summed E-state index contributed by atoms with van der Waals surface area (Å²) in [5.41, 5.74) is 11.2. The minimum atomic E-state index is 0.0673. The van der Waals surface area contributed by atoms with Crippen molar-refractivity contribution in [2.75, 3.05) is 11.4 Å². The molecular weight excluding hydrogens is 272 g/mol. The summed E-state index contributed by atoms with van der Waals surface area (Å²) in [4.78, 5) is 14.4. The summed E-state index contributed by atoms with van der Waals surface area (Å²) < 4.78 is 0. The molecule has 1 heterocycles. The third-order valence-corrected chi connectivity index (χ3v) is 4.03. The molecule has 22 heavy (non-hydrogen) atoms. The fourth-order valence-electron chi connectivity index (χ4n) is 2.95. The zero-order valence-corrected chi connectivity index (χ0v) is 12.8. The standard InChI is InChI=1S/C19H20N2O/c1-14-12-15-6-3-5-9-18(15)21(19(22)10-11-20)13-16-7-2-4-8-17(14)16/h2-9,12H,10-11,13,20H2,1H3/b14-12-. The Balaban J connectivity index is 2.17. The Hall–Kier alpha value is -2.39. The minimum Gasteiger partial charge on any atom is -0.330 e. The van der Waals surface area contributed by atoms with Crippen molar-refractivity contribution in [1.29, 1.82) is 0 Å².